The molecule has 25 heavy (non-hydrogen) atoms. The molecule has 2 heterocycles. The Hall–Kier alpha value is -1.80. The highest BCUT2D eigenvalue weighted by Crippen LogP contribution is 2.34. The number of carbonyl (C=O) groups excluding carboxylic acids is 2. The van der Waals surface area contributed by atoms with Crippen LogP contribution in [0.15, 0.2) is 12.4 Å². The summed E-state index contributed by atoms with van der Waals surface area (Å²) in [4.78, 5) is 35.9. The van der Waals surface area contributed by atoms with Gasteiger partial charge in [-0.2, -0.15) is 0 Å². The first-order valence-corrected chi connectivity index (χ1v) is 10.2. The monoisotopic (exact) mass is 378 g/mol. The third-order valence-electron chi connectivity index (χ3n) is 4.45. The average Bonchev–Trinajstić information content (AvgIpc) is 3.34. The van der Waals surface area contributed by atoms with E-state index >= 15 is 0 Å². The molecule has 0 spiro atoms. The zero-order valence-electron chi connectivity index (χ0n) is 14.4. The van der Waals surface area contributed by atoms with E-state index < -0.39 is 0 Å². The van der Waals surface area contributed by atoms with Crippen molar-refractivity contribution in [2.75, 3.05) is 10.6 Å². The van der Waals surface area contributed by atoms with E-state index in [2.05, 4.69) is 34.4 Å². The molecule has 1 saturated carbocycles. The Morgan fingerprint density at radius 3 is 1.76 bits per heavy atom. The van der Waals surface area contributed by atoms with Crippen LogP contribution >= 0.6 is 22.7 Å². The maximum Gasteiger partial charge on any atom is 0.230 e. The van der Waals surface area contributed by atoms with Crippen molar-refractivity contribution >= 4 is 44.8 Å². The first-order chi connectivity index (χ1) is 12.1. The second-order valence-corrected chi connectivity index (χ2v) is 8.32. The topological polar surface area (TPSA) is 84.0 Å². The molecule has 0 bridgehead atoms. The van der Waals surface area contributed by atoms with Crippen molar-refractivity contribution in [1.82, 2.24) is 9.97 Å². The molecule has 0 radical (unpaired) electrons. The normalized spacial score (nSPS) is 19.8. The summed E-state index contributed by atoms with van der Waals surface area (Å²) in [5.41, 5.74) is 0. The maximum atomic E-state index is 12.6. The molecule has 134 valence electrons. The zero-order chi connectivity index (χ0) is 17.8. The van der Waals surface area contributed by atoms with Crippen LogP contribution in [0, 0.1) is 11.8 Å². The largest absolute Gasteiger partial charge is 0.302 e. The lowest BCUT2D eigenvalue weighted by molar-refractivity contribution is -0.128. The Balaban J connectivity index is 1.62. The Kier molecular flexibility index (Phi) is 5.80. The lowest BCUT2D eigenvalue weighted by Crippen LogP contribution is -2.33. The lowest BCUT2D eigenvalue weighted by atomic mass is 9.94. The fourth-order valence-electron chi connectivity index (χ4n) is 3.04. The highest BCUT2D eigenvalue weighted by Gasteiger charge is 2.38. The number of aryl methyl sites for hydroxylation is 2. The highest BCUT2D eigenvalue weighted by atomic mass is 32.1. The molecule has 2 aromatic heterocycles. The molecule has 0 unspecified atom stereocenters. The fourth-order valence-corrected chi connectivity index (χ4v) is 4.55. The van der Waals surface area contributed by atoms with Crippen LogP contribution < -0.4 is 10.6 Å². The van der Waals surface area contributed by atoms with E-state index in [9.17, 15) is 9.59 Å². The van der Waals surface area contributed by atoms with Crippen LogP contribution in [0.1, 0.15) is 42.9 Å². The molecule has 0 aliphatic heterocycles. The van der Waals surface area contributed by atoms with Crippen LogP contribution in [0.2, 0.25) is 0 Å². The van der Waals surface area contributed by atoms with E-state index in [0.717, 1.165) is 41.9 Å². The van der Waals surface area contributed by atoms with Gasteiger partial charge in [0.05, 0.1) is 0 Å². The molecule has 0 aromatic carbocycles. The number of hydrogen-bond acceptors (Lipinski definition) is 6. The Labute approximate surface area is 155 Å². The molecule has 2 aromatic rings. The molecule has 2 amide bonds. The smallest absolute Gasteiger partial charge is 0.230 e. The van der Waals surface area contributed by atoms with Crippen molar-refractivity contribution in [2.45, 2.75) is 46.0 Å². The summed E-state index contributed by atoms with van der Waals surface area (Å²) in [6.07, 6.45) is 7.71. The Bertz CT molecular complexity index is 693. The van der Waals surface area contributed by atoms with Gasteiger partial charge in [0.15, 0.2) is 10.3 Å². The number of anilines is 2. The number of rotatable bonds is 6. The van der Waals surface area contributed by atoms with Gasteiger partial charge < -0.3 is 10.6 Å². The van der Waals surface area contributed by atoms with E-state index in [0.29, 0.717) is 10.3 Å². The van der Waals surface area contributed by atoms with Gasteiger partial charge in [0.25, 0.3) is 0 Å². The van der Waals surface area contributed by atoms with Crippen LogP contribution in [-0.2, 0) is 22.4 Å². The summed E-state index contributed by atoms with van der Waals surface area (Å²) >= 11 is 2.97. The molecule has 3 rings (SSSR count). The fraction of sp³-hybridized carbons (Fsp3) is 0.529. The SMILES string of the molecule is CCc1cnc(NC(=O)[C@H]2CCC[C@@H]2C(=O)Nc2ncc(CC)s2)s1. The minimum absolute atomic E-state index is 0.108. The van der Waals surface area contributed by atoms with E-state index in [-0.39, 0.29) is 23.7 Å². The quantitative estimate of drug-likeness (QED) is 0.802. The molecule has 6 nitrogen and oxygen atoms in total. The summed E-state index contributed by atoms with van der Waals surface area (Å²) in [7, 11) is 0. The molecular weight excluding hydrogens is 356 g/mol. The van der Waals surface area contributed by atoms with Gasteiger partial charge in [-0.05, 0) is 25.7 Å². The van der Waals surface area contributed by atoms with Gasteiger partial charge >= 0.3 is 0 Å². The van der Waals surface area contributed by atoms with Crippen LogP contribution in [-0.4, -0.2) is 21.8 Å². The summed E-state index contributed by atoms with van der Waals surface area (Å²) in [6.45, 7) is 4.11. The molecule has 1 aliphatic carbocycles. The third kappa shape index (κ3) is 4.24. The Morgan fingerprint density at radius 1 is 0.960 bits per heavy atom. The van der Waals surface area contributed by atoms with Crippen LogP contribution in [0.5, 0.6) is 0 Å². The van der Waals surface area contributed by atoms with Crippen molar-refractivity contribution in [2.24, 2.45) is 11.8 Å². The average molecular weight is 379 g/mol. The van der Waals surface area contributed by atoms with Crippen LogP contribution in [0.25, 0.3) is 0 Å². The van der Waals surface area contributed by atoms with Gasteiger partial charge in [0, 0.05) is 34.0 Å². The minimum Gasteiger partial charge on any atom is -0.302 e. The van der Waals surface area contributed by atoms with Crippen molar-refractivity contribution in [3.8, 4) is 0 Å². The second-order valence-electron chi connectivity index (χ2n) is 6.09. The predicted molar refractivity (Wildman–Crippen MR) is 101 cm³/mol. The number of aromatic nitrogens is 2. The van der Waals surface area contributed by atoms with E-state index in [1.165, 1.54) is 22.7 Å². The second kappa shape index (κ2) is 8.05. The summed E-state index contributed by atoms with van der Waals surface area (Å²) in [6, 6.07) is 0. The van der Waals surface area contributed by atoms with Gasteiger partial charge in [-0.15, -0.1) is 22.7 Å². The minimum atomic E-state index is -0.306. The maximum absolute atomic E-state index is 12.6. The number of nitrogens with one attached hydrogen (secondary N) is 2. The molecule has 2 atom stereocenters. The van der Waals surface area contributed by atoms with E-state index in [1.807, 2.05) is 0 Å². The molecular formula is C17H22N4O2S2. The Morgan fingerprint density at radius 2 is 1.40 bits per heavy atom. The van der Waals surface area contributed by atoms with Gasteiger partial charge in [-0.3, -0.25) is 9.59 Å². The van der Waals surface area contributed by atoms with Crippen molar-refractivity contribution in [3.63, 3.8) is 0 Å². The summed E-state index contributed by atoms with van der Waals surface area (Å²) < 4.78 is 0. The lowest BCUT2D eigenvalue weighted by Gasteiger charge is -2.17. The zero-order valence-corrected chi connectivity index (χ0v) is 16.0. The van der Waals surface area contributed by atoms with Crippen molar-refractivity contribution in [1.29, 1.82) is 0 Å². The van der Waals surface area contributed by atoms with E-state index in [4.69, 9.17) is 0 Å². The number of nitrogens with zero attached hydrogens (tertiary/aromatic N) is 2. The molecule has 1 aliphatic rings. The van der Waals surface area contributed by atoms with Gasteiger partial charge in [-0.1, -0.05) is 20.3 Å². The van der Waals surface area contributed by atoms with Crippen LogP contribution in [0.3, 0.4) is 0 Å². The van der Waals surface area contributed by atoms with Gasteiger partial charge in [0.2, 0.25) is 11.8 Å². The number of hydrogen-bond donors (Lipinski definition) is 2. The molecule has 8 heteroatoms. The first-order valence-electron chi connectivity index (χ1n) is 8.61. The van der Waals surface area contributed by atoms with Crippen molar-refractivity contribution in [3.05, 3.63) is 22.1 Å². The molecule has 1 fully saturated rings. The van der Waals surface area contributed by atoms with Gasteiger partial charge in [-0.25, -0.2) is 9.97 Å². The summed E-state index contributed by atoms with van der Waals surface area (Å²) in [5.74, 6) is -0.828. The third-order valence-corrected chi connectivity index (χ3v) is 6.57. The summed E-state index contributed by atoms with van der Waals surface area (Å²) in [5, 5.41) is 6.97. The van der Waals surface area contributed by atoms with E-state index in [1.54, 1.807) is 12.4 Å². The molecule has 0 saturated heterocycles. The van der Waals surface area contributed by atoms with Crippen molar-refractivity contribution < 1.29 is 9.59 Å². The number of thiazole rings is 2. The molecule has 2 N–H and O–H groups in total. The highest BCUT2D eigenvalue weighted by molar-refractivity contribution is 7.16. The number of carbonyl (C=O) groups is 2. The van der Waals surface area contributed by atoms with Crippen LogP contribution in [0.4, 0.5) is 10.3 Å². The predicted octanol–water partition coefficient (Wildman–Crippen LogP) is 3.72. The first kappa shape index (κ1) is 18.0. The van der Waals surface area contributed by atoms with Gasteiger partial charge in [0.1, 0.15) is 0 Å². The standard InChI is InChI=1S/C17H22N4O2S2/c1-3-10-8-18-16(24-10)20-14(22)12-6-5-7-13(12)15(23)21-17-19-9-11(4-2)25-17/h8-9,12-13H,3-7H2,1-2H3,(H,18,20,22)(H,19,21,23)/t12-,13-/m0/s1. The number of amides is 2.